The van der Waals surface area contributed by atoms with E-state index in [1.807, 2.05) is 6.07 Å². The standard InChI is InChI=1S/C5H9F2NSi/c1-9(5(6)7)4-2-3-8/h5,9H,2,4H2,1H3. The average molecular weight is 149 g/mol. The van der Waals surface area contributed by atoms with Gasteiger partial charge in [-0.15, -0.1) is 0 Å². The smallest absolute Gasteiger partial charge is 0.216 e. The maximum absolute atomic E-state index is 11.7. The number of alkyl halides is 2. The SMILES string of the molecule is C[SiH](CCC#N)C(F)F. The minimum Gasteiger partial charge on any atom is -0.216 e. The molecule has 0 aromatic heterocycles. The first-order valence-corrected chi connectivity index (χ1v) is 5.47. The van der Waals surface area contributed by atoms with Crippen molar-refractivity contribution in [1.29, 1.82) is 5.26 Å². The molecule has 9 heavy (non-hydrogen) atoms. The van der Waals surface area contributed by atoms with E-state index >= 15 is 0 Å². The molecule has 0 saturated carbocycles. The van der Waals surface area contributed by atoms with Gasteiger partial charge in [-0.2, -0.15) is 5.26 Å². The van der Waals surface area contributed by atoms with Gasteiger partial charge in [-0.05, 0) is 6.04 Å². The molecule has 0 aromatic rings. The Balaban J connectivity index is 3.29. The second-order valence-corrected chi connectivity index (χ2v) is 5.04. The molecule has 0 amide bonds. The Bertz CT molecular complexity index is 110. The van der Waals surface area contributed by atoms with E-state index in [1.54, 1.807) is 6.55 Å². The minimum atomic E-state index is -2.14. The van der Waals surface area contributed by atoms with Gasteiger partial charge in [-0.1, -0.05) is 6.55 Å². The summed E-state index contributed by atoms with van der Waals surface area (Å²) in [6, 6.07) is 0.153. The van der Waals surface area contributed by atoms with Crippen LogP contribution in [0.5, 0.6) is 0 Å². The monoisotopic (exact) mass is 149 g/mol. The number of nitriles is 1. The number of halogens is 2. The predicted octanol–water partition coefficient (Wildman–Crippen LogP) is 1.56. The van der Waals surface area contributed by atoms with Gasteiger partial charge in [0.15, 0.2) is 0 Å². The van der Waals surface area contributed by atoms with E-state index in [0.717, 1.165) is 0 Å². The van der Waals surface area contributed by atoms with Crippen LogP contribution < -0.4 is 0 Å². The summed E-state index contributed by atoms with van der Waals surface area (Å²) >= 11 is 0. The van der Waals surface area contributed by atoms with Crippen molar-refractivity contribution >= 4 is 8.80 Å². The number of hydrogen-bond acceptors (Lipinski definition) is 1. The van der Waals surface area contributed by atoms with Crippen molar-refractivity contribution < 1.29 is 8.78 Å². The molecule has 0 saturated heterocycles. The molecule has 1 unspecified atom stereocenters. The summed E-state index contributed by atoms with van der Waals surface area (Å²) in [6.07, 6.45) is 0.289. The van der Waals surface area contributed by atoms with Crippen molar-refractivity contribution in [3.8, 4) is 6.07 Å². The Labute approximate surface area is 54.9 Å². The number of rotatable bonds is 3. The van der Waals surface area contributed by atoms with Crippen LogP contribution in [-0.2, 0) is 0 Å². The van der Waals surface area contributed by atoms with Gasteiger partial charge in [0.1, 0.15) is 8.80 Å². The largest absolute Gasteiger partial charge is 0.217 e. The predicted molar refractivity (Wildman–Crippen MR) is 34.1 cm³/mol. The van der Waals surface area contributed by atoms with E-state index < -0.39 is 14.8 Å². The maximum atomic E-state index is 11.7. The molecule has 0 heterocycles. The highest BCUT2D eigenvalue weighted by Crippen LogP contribution is 2.05. The van der Waals surface area contributed by atoms with Gasteiger partial charge in [0.05, 0.1) is 6.07 Å². The maximum Gasteiger partial charge on any atom is 0.217 e. The van der Waals surface area contributed by atoms with Crippen LogP contribution in [0.4, 0.5) is 8.78 Å². The molecule has 0 aliphatic heterocycles. The van der Waals surface area contributed by atoms with Crippen LogP contribution in [-0.4, -0.2) is 14.8 Å². The zero-order valence-corrected chi connectivity index (χ0v) is 6.43. The summed E-state index contributed by atoms with van der Waals surface area (Å²) in [4.78, 5) is 0. The molecular formula is C5H9F2NSi. The topological polar surface area (TPSA) is 23.8 Å². The molecule has 0 aliphatic carbocycles. The summed E-state index contributed by atoms with van der Waals surface area (Å²) in [5, 5.41) is 8.02. The van der Waals surface area contributed by atoms with Gasteiger partial charge in [0.2, 0.25) is 6.05 Å². The van der Waals surface area contributed by atoms with Crippen LogP contribution in [0.1, 0.15) is 6.42 Å². The molecule has 0 aromatic carbocycles. The lowest BCUT2D eigenvalue weighted by molar-refractivity contribution is 0.233. The van der Waals surface area contributed by atoms with Crippen molar-refractivity contribution in [1.82, 2.24) is 0 Å². The van der Waals surface area contributed by atoms with Crippen LogP contribution in [0, 0.1) is 11.3 Å². The van der Waals surface area contributed by atoms with Crippen LogP contribution in [0.25, 0.3) is 0 Å². The Morgan fingerprint density at radius 1 is 1.67 bits per heavy atom. The summed E-state index contributed by atoms with van der Waals surface area (Å²) in [5.41, 5.74) is 0. The molecular weight excluding hydrogens is 140 g/mol. The van der Waals surface area contributed by atoms with E-state index in [2.05, 4.69) is 0 Å². The van der Waals surface area contributed by atoms with Crippen LogP contribution in [0.3, 0.4) is 0 Å². The quantitative estimate of drug-likeness (QED) is 0.559. The molecule has 4 heteroatoms. The molecule has 1 nitrogen and oxygen atoms in total. The molecule has 1 atom stereocenters. The highest BCUT2D eigenvalue weighted by Gasteiger charge is 2.15. The van der Waals surface area contributed by atoms with Crippen molar-refractivity contribution in [2.24, 2.45) is 0 Å². The molecule has 0 radical (unpaired) electrons. The molecule has 0 fully saturated rings. The molecule has 0 spiro atoms. The first-order valence-electron chi connectivity index (χ1n) is 2.83. The van der Waals surface area contributed by atoms with Crippen molar-refractivity contribution in [3.63, 3.8) is 0 Å². The summed E-state index contributed by atoms with van der Waals surface area (Å²) in [5.74, 6) is 0. The van der Waals surface area contributed by atoms with Gasteiger partial charge >= 0.3 is 0 Å². The molecule has 0 rings (SSSR count). The molecule has 0 N–H and O–H groups in total. The summed E-state index contributed by atoms with van der Waals surface area (Å²) in [7, 11) is -1.85. The van der Waals surface area contributed by atoms with Crippen LogP contribution in [0.2, 0.25) is 12.6 Å². The number of nitrogens with zero attached hydrogens (tertiary/aromatic N) is 1. The third kappa shape index (κ3) is 4.10. The normalized spacial score (nSPS) is 13.2. The van der Waals surface area contributed by atoms with E-state index in [1.165, 1.54) is 0 Å². The fraction of sp³-hybridized carbons (Fsp3) is 0.800. The zero-order valence-electron chi connectivity index (χ0n) is 5.27. The van der Waals surface area contributed by atoms with Crippen molar-refractivity contribution in [2.45, 2.75) is 25.1 Å². The lowest BCUT2D eigenvalue weighted by Gasteiger charge is -2.02. The fourth-order valence-corrected chi connectivity index (χ4v) is 1.25. The molecule has 52 valence electrons. The Morgan fingerprint density at radius 3 is 2.56 bits per heavy atom. The summed E-state index contributed by atoms with van der Waals surface area (Å²) < 4.78 is 23.4. The van der Waals surface area contributed by atoms with Gasteiger partial charge in [0, 0.05) is 6.42 Å². The number of hydrogen-bond donors (Lipinski definition) is 0. The van der Waals surface area contributed by atoms with E-state index in [4.69, 9.17) is 5.26 Å². The van der Waals surface area contributed by atoms with Crippen LogP contribution in [0.15, 0.2) is 0 Å². The highest BCUT2D eigenvalue weighted by atomic mass is 28.3. The van der Waals surface area contributed by atoms with Gasteiger partial charge < -0.3 is 0 Å². The molecule has 0 aliphatic rings. The third-order valence-electron chi connectivity index (χ3n) is 1.14. The second-order valence-electron chi connectivity index (χ2n) is 2.01. The van der Waals surface area contributed by atoms with Crippen molar-refractivity contribution in [3.05, 3.63) is 0 Å². The van der Waals surface area contributed by atoms with Gasteiger partial charge in [0.25, 0.3) is 0 Å². The minimum absolute atomic E-state index is 0.289. The van der Waals surface area contributed by atoms with E-state index in [-0.39, 0.29) is 6.42 Å². The average Bonchev–Trinajstić information content (AvgIpc) is 1.82. The Morgan fingerprint density at radius 2 is 2.22 bits per heavy atom. The van der Waals surface area contributed by atoms with Gasteiger partial charge in [-0.3, -0.25) is 0 Å². The lowest BCUT2D eigenvalue weighted by Crippen LogP contribution is -2.17. The Kier molecular flexibility index (Phi) is 4.23. The van der Waals surface area contributed by atoms with E-state index in [9.17, 15) is 8.78 Å². The highest BCUT2D eigenvalue weighted by molar-refractivity contribution is 6.58. The Hall–Kier alpha value is -0.433. The fourth-order valence-electron chi connectivity index (χ4n) is 0.418. The second kappa shape index (κ2) is 4.45. The first kappa shape index (κ1) is 8.57. The van der Waals surface area contributed by atoms with E-state index in [0.29, 0.717) is 6.04 Å². The van der Waals surface area contributed by atoms with Gasteiger partial charge in [-0.25, -0.2) is 8.78 Å². The lowest BCUT2D eigenvalue weighted by atomic mass is 10.6. The summed E-state index contributed by atoms with van der Waals surface area (Å²) in [6.45, 7) is 1.59. The third-order valence-corrected chi connectivity index (χ3v) is 3.20. The van der Waals surface area contributed by atoms with Crippen molar-refractivity contribution in [2.75, 3.05) is 0 Å². The molecule has 0 bridgehead atoms. The first-order chi connectivity index (χ1) is 4.18. The zero-order chi connectivity index (χ0) is 7.28. The van der Waals surface area contributed by atoms with Crippen LogP contribution >= 0.6 is 0 Å².